The van der Waals surface area contributed by atoms with Crippen molar-refractivity contribution >= 4 is 12.1 Å². The van der Waals surface area contributed by atoms with E-state index in [1.54, 1.807) is 43.2 Å². The number of hydrogen-bond acceptors (Lipinski definition) is 6. The third-order valence-corrected chi connectivity index (χ3v) is 4.61. The van der Waals surface area contributed by atoms with Gasteiger partial charge in [0, 0.05) is 7.11 Å². The topological polar surface area (TPSA) is 74.3 Å². The summed E-state index contributed by atoms with van der Waals surface area (Å²) < 4.78 is 21.9. The fourth-order valence-electron chi connectivity index (χ4n) is 3.13. The average Bonchev–Trinajstić information content (AvgIpc) is 3.16. The number of amides is 1. The van der Waals surface area contributed by atoms with Crippen LogP contribution in [0, 0.1) is 0 Å². The third-order valence-electron chi connectivity index (χ3n) is 4.61. The predicted octanol–water partition coefficient (Wildman–Crippen LogP) is 3.28. The zero-order valence-electron chi connectivity index (χ0n) is 16.6. The summed E-state index contributed by atoms with van der Waals surface area (Å²) in [4.78, 5) is 25.9. The van der Waals surface area contributed by atoms with Crippen LogP contribution in [0.25, 0.3) is 0 Å². The summed E-state index contributed by atoms with van der Waals surface area (Å²) in [5.74, 6) is 0.112. The molecule has 2 aromatic carbocycles. The van der Waals surface area contributed by atoms with Gasteiger partial charge in [-0.15, -0.1) is 0 Å². The van der Waals surface area contributed by atoms with Gasteiger partial charge in [-0.2, -0.15) is 0 Å². The van der Waals surface area contributed by atoms with E-state index in [2.05, 4.69) is 0 Å². The summed E-state index contributed by atoms with van der Waals surface area (Å²) in [6, 6.07) is 16.3. The molecule has 1 fully saturated rings. The number of methoxy groups -OCH3 is 1. The first-order chi connectivity index (χ1) is 14.1. The van der Waals surface area contributed by atoms with E-state index in [0.29, 0.717) is 31.0 Å². The van der Waals surface area contributed by atoms with E-state index in [9.17, 15) is 9.59 Å². The van der Waals surface area contributed by atoms with Gasteiger partial charge >= 0.3 is 12.1 Å². The van der Waals surface area contributed by atoms with E-state index < -0.39 is 12.1 Å². The highest BCUT2D eigenvalue weighted by Gasteiger charge is 2.38. The monoisotopic (exact) mass is 399 g/mol. The lowest BCUT2D eigenvalue weighted by Gasteiger charge is -2.19. The number of likely N-dealkylation sites (tertiary alicyclic amines) is 1. The van der Waals surface area contributed by atoms with Gasteiger partial charge in [0.15, 0.2) is 0 Å². The van der Waals surface area contributed by atoms with Gasteiger partial charge in [-0.25, -0.2) is 9.59 Å². The Morgan fingerprint density at radius 2 is 1.76 bits per heavy atom. The number of rotatable bonds is 7. The standard InChI is InChI=1S/C22H25NO6/c1-3-27-21(24)17-10-7-11-18(12-17)29-20-14-23(13-19(20)26-2)22(25)28-15-16-8-5-4-6-9-16/h4-12,19-20H,3,13-15H2,1-2H3. The second-order valence-corrected chi connectivity index (χ2v) is 6.62. The van der Waals surface area contributed by atoms with Gasteiger partial charge in [0.1, 0.15) is 24.6 Å². The van der Waals surface area contributed by atoms with Crippen LogP contribution in [-0.2, 0) is 20.8 Å². The van der Waals surface area contributed by atoms with Crippen LogP contribution < -0.4 is 4.74 Å². The van der Waals surface area contributed by atoms with Crippen LogP contribution in [0.3, 0.4) is 0 Å². The summed E-state index contributed by atoms with van der Waals surface area (Å²) in [6.45, 7) is 2.97. The molecular weight excluding hydrogens is 374 g/mol. The molecule has 0 radical (unpaired) electrons. The lowest BCUT2D eigenvalue weighted by molar-refractivity contribution is 0.0337. The summed E-state index contributed by atoms with van der Waals surface area (Å²) in [7, 11) is 1.58. The summed E-state index contributed by atoms with van der Waals surface area (Å²) in [5.41, 5.74) is 1.34. The molecule has 0 saturated carbocycles. The van der Waals surface area contributed by atoms with Crippen molar-refractivity contribution in [1.82, 2.24) is 4.90 Å². The van der Waals surface area contributed by atoms with Crippen molar-refractivity contribution in [3.8, 4) is 5.75 Å². The molecule has 1 saturated heterocycles. The van der Waals surface area contributed by atoms with Crippen molar-refractivity contribution < 1.29 is 28.5 Å². The van der Waals surface area contributed by atoms with Gasteiger partial charge in [-0.05, 0) is 30.7 Å². The highest BCUT2D eigenvalue weighted by atomic mass is 16.6. The van der Waals surface area contributed by atoms with Crippen molar-refractivity contribution in [3.63, 3.8) is 0 Å². The molecule has 0 aliphatic carbocycles. The maximum Gasteiger partial charge on any atom is 0.410 e. The lowest BCUT2D eigenvalue weighted by atomic mass is 10.2. The van der Waals surface area contributed by atoms with Crippen LogP contribution in [-0.4, -0.2) is 56.0 Å². The summed E-state index contributed by atoms with van der Waals surface area (Å²) in [5, 5.41) is 0. The molecule has 1 amide bonds. The van der Waals surface area contributed by atoms with E-state index in [1.165, 1.54) is 0 Å². The van der Waals surface area contributed by atoms with Crippen molar-refractivity contribution in [2.75, 3.05) is 26.8 Å². The minimum Gasteiger partial charge on any atom is -0.486 e. The minimum atomic E-state index is -0.415. The van der Waals surface area contributed by atoms with E-state index in [0.717, 1.165) is 5.56 Å². The Hall–Kier alpha value is -3.06. The molecule has 2 atom stereocenters. The third kappa shape index (κ3) is 5.48. The molecule has 7 nitrogen and oxygen atoms in total. The Bertz CT molecular complexity index is 825. The van der Waals surface area contributed by atoms with E-state index >= 15 is 0 Å². The maximum absolute atomic E-state index is 12.4. The fourth-order valence-corrected chi connectivity index (χ4v) is 3.13. The molecule has 2 unspecified atom stereocenters. The van der Waals surface area contributed by atoms with Crippen LogP contribution in [0.5, 0.6) is 5.75 Å². The molecule has 154 valence electrons. The van der Waals surface area contributed by atoms with Crippen molar-refractivity contribution in [3.05, 3.63) is 65.7 Å². The SMILES string of the molecule is CCOC(=O)c1cccc(OC2CN(C(=O)OCc3ccccc3)CC2OC)c1. The highest BCUT2D eigenvalue weighted by Crippen LogP contribution is 2.22. The number of hydrogen-bond donors (Lipinski definition) is 0. The highest BCUT2D eigenvalue weighted by molar-refractivity contribution is 5.89. The Morgan fingerprint density at radius 1 is 1.00 bits per heavy atom. The quantitative estimate of drug-likeness (QED) is 0.665. The van der Waals surface area contributed by atoms with Crippen molar-refractivity contribution in [1.29, 1.82) is 0 Å². The first kappa shape index (κ1) is 20.7. The maximum atomic E-state index is 12.4. The van der Waals surface area contributed by atoms with Crippen LogP contribution >= 0.6 is 0 Å². The fraction of sp³-hybridized carbons (Fsp3) is 0.364. The van der Waals surface area contributed by atoms with Gasteiger partial charge in [0.05, 0.1) is 25.3 Å². The molecule has 0 bridgehead atoms. The molecule has 7 heteroatoms. The van der Waals surface area contributed by atoms with Crippen molar-refractivity contribution in [2.24, 2.45) is 0 Å². The number of ether oxygens (including phenoxy) is 4. The molecule has 2 aromatic rings. The van der Waals surface area contributed by atoms with Gasteiger partial charge in [-0.1, -0.05) is 36.4 Å². The van der Waals surface area contributed by atoms with Gasteiger partial charge in [0.25, 0.3) is 0 Å². The smallest absolute Gasteiger partial charge is 0.410 e. The second kappa shape index (κ2) is 9.93. The molecule has 0 aromatic heterocycles. The molecular formula is C22H25NO6. The summed E-state index contributed by atoms with van der Waals surface area (Å²) >= 11 is 0. The van der Waals surface area contributed by atoms with E-state index in [-0.39, 0.29) is 18.8 Å². The molecule has 1 heterocycles. The van der Waals surface area contributed by atoms with Gasteiger partial charge in [0.2, 0.25) is 0 Å². The first-order valence-electron chi connectivity index (χ1n) is 9.53. The molecule has 1 aliphatic rings. The van der Waals surface area contributed by atoms with E-state index in [1.807, 2.05) is 30.3 Å². The zero-order valence-corrected chi connectivity index (χ0v) is 16.6. The summed E-state index contributed by atoms with van der Waals surface area (Å²) in [6.07, 6.45) is -1.09. The van der Waals surface area contributed by atoms with Crippen LogP contribution in [0.2, 0.25) is 0 Å². The van der Waals surface area contributed by atoms with Crippen LogP contribution in [0.1, 0.15) is 22.8 Å². The second-order valence-electron chi connectivity index (χ2n) is 6.62. The van der Waals surface area contributed by atoms with Crippen LogP contribution in [0.4, 0.5) is 4.79 Å². The van der Waals surface area contributed by atoms with Crippen LogP contribution in [0.15, 0.2) is 54.6 Å². The molecule has 0 spiro atoms. The molecule has 1 aliphatic heterocycles. The number of benzene rings is 2. The Labute approximate surface area is 170 Å². The minimum absolute atomic E-state index is 0.209. The van der Waals surface area contributed by atoms with Gasteiger partial charge in [-0.3, -0.25) is 0 Å². The lowest BCUT2D eigenvalue weighted by Crippen LogP contribution is -2.32. The van der Waals surface area contributed by atoms with E-state index in [4.69, 9.17) is 18.9 Å². The predicted molar refractivity (Wildman–Crippen MR) is 106 cm³/mol. The Morgan fingerprint density at radius 3 is 2.48 bits per heavy atom. The molecule has 0 N–H and O–H groups in total. The van der Waals surface area contributed by atoms with Crippen molar-refractivity contribution in [2.45, 2.75) is 25.7 Å². The average molecular weight is 399 g/mol. The number of carbonyl (C=O) groups is 2. The zero-order chi connectivity index (χ0) is 20.6. The number of esters is 1. The van der Waals surface area contributed by atoms with Gasteiger partial charge < -0.3 is 23.8 Å². The first-order valence-corrected chi connectivity index (χ1v) is 9.53. The normalized spacial score (nSPS) is 18.3. The Balaban J connectivity index is 1.59. The largest absolute Gasteiger partial charge is 0.486 e. The Kier molecular flexibility index (Phi) is 7.08. The number of nitrogens with zero attached hydrogens (tertiary/aromatic N) is 1. The molecule has 3 rings (SSSR count). The number of carbonyl (C=O) groups excluding carboxylic acids is 2. The molecule has 29 heavy (non-hydrogen) atoms.